The summed E-state index contributed by atoms with van der Waals surface area (Å²) in [7, 11) is 1.58. The van der Waals surface area contributed by atoms with Crippen LogP contribution in [0.5, 0.6) is 5.75 Å². The average Bonchev–Trinajstić information content (AvgIpc) is 3.26. The Morgan fingerprint density at radius 1 is 1.04 bits per heavy atom. The Morgan fingerprint density at radius 3 is 2.67 bits per heavy atom. The van der Waals surface area contributed by atoms with Crippen LogP contribution in [0.1, 0.15) is 18.4 Å². The van der Waals surface area contributed by atoms with Gasteiger partial charge < -0.3 is 18.5 Å². The molecular formula is C21H17NO5. The summed E-state index contributed by atoms with van der Waals surface area (Å²) in [5, 5.41) is 1.79. The molecule has 0 radical (unpaired) electrons. The molecule has 0 atom stereocenters. The molecule has 3 heterocycles. The van der Waals surface area contributed by atoms with E-state index in [0.29, 0.717) is 52.8 Å². The van der Waals surface area contributed by atoms with Crippen molar-refractivity contribution in [2.45, 2.75) is 19.4 Å². The van der Waals surface area contributed by atoms with Crippen LogP contribution in [-0.2, 0) is 11.3 Å². The minimum atomic E-state index is -0.454. The summed E-state index contributed by atoms with van der Waals surface area (Å²) < 4.78 is 17.1. The quantitative estimate of drug-likeness (QED) is 0.517. The Hall–Kier alpha value is -3.28. The van der Waals surface area contributed by atoms with Crippen molar-refractivity contribution in [2.75, 3.05) is 13.7 Å². The van der Waals surface area contributed by atoms with Crippen LogP contribution < -0.4 is 10.4 Å². The van der Waals surface area contributed by atoms with E-state index < -0.39 is 5.63 Å². The second-order valence-electron chi connectivity index (χ2n) is 6.73. The van der Waals surface area contributed by atoms with Crippen LogP contribution in [0, 0.1) is 0 Å². The molecule has 0 bridgehead atoms. The molecule has 0 spiro atoms. The number of ether oxygens (including phenoxy) is 1. The molecule has 6 heteroatoms. The number of likely N-dealkylation sites (tertiary alicyclic amines) is 1. The summed E-state index contributed by atoms with van der Waals surface area (Å²) in [6.45, 7) is 1.08. The van der Waals surface area contributed by atoms with Crippen molar-refractivity contribution in [1.82, 2.24) is 4.90 Å². The van der Waals surface area contributed by atoms with Gasteiger partial charge in [0.1, 0.15) is 22.3 Å². The second kappa shape index (κ2) is 5.87. The van der Waals surface area contributed by atoms with Gasteiger partial charge in [-0.2, -0.15) is 0 Å². The predicted octanol–water partition coefficient (Wildman–Crippen LogP) is 3.82. The first-order chi connectivity index (χ1) is 13.2. The lowest BCUT2D eigenvalue weighted by atomic mass is 10.0. The van der Waals surface area contributed by atoms with Gasteiger partial charge >= 0.3 is 5.63 Å². The number of hydrogen-bond acceptors (Lipinski definition) is 5. The first-order valence-electron chi connectivity index (χ1n) is 8.89. The summed E-state index contributed by atoms with van der Waals surface area (Å²) in [6, 6.07) is 10.9. The molecule has 1 saturated heterocycles. The van der Waals surface area contributed by atoms with Crippen molar-refractivity contribution in [3.8, 4) is 5.75 Å². The molecule has 2 aromatic heterocycles. The van der Waals surface area contributed by atoms with Crippen molar-refractivity contribution >= 4 is 38.8 Å². The molecule has 0 N–H and O–H groups in total. The highest BCUT2D eigenvalue weighted by atomic mass is 16.5. The van der Waals surface area contributed by atoms with Crippen LogP contribution in [0.15, 0.2) is 50.0 Å². The number of nitrogens with zero attached hydrogens (tertiary/aromatic N) is 1. The summed E-state index contributed by atoms with van der Waals surface area (Å²) >= 11 is 0. The van der Waals surface area contributed by atoms with E-state index in [-0.39, 0.29) is 5.91 Å². The summed E-state index contributed by atoms with van der Waals surface area (Å²) in [5.74, 6) is 0.733. The molecule has 0 saturated carbocycles. The number of furan rings is 1. The zero-order valence-electron chi connectivity index (χ0n) is 14.8. The lowest BCUT2D eigenvalue weighted by molar-refractivity contribution is -0.128. The van der Waals surface area contributed by atoms with E-state index in [1.165, 1.54) is 0 Å². The van der Waals surface area contributed by atoms with Gasteiger partial charge in [-0.15, -0.1) is 0 Å². The van der Waals surface area contributed by atoms with E-state index in [4.69, 9.17) is 13.6 Å². The molecule has 6 nitrogen and oxygen atoms in total. The summed E-state index contributed by atoms with van der Waals surface area (Å²) in [6.07, 6.45) is 1.40. The predicted molar refractivity (Wildman–Crippen MR) is 101 cm³/mol. The van der Waals surface area contributed by atoms with Gasteiger partial charge in [0.2, 0.25) is 5.91 Å². The minimum absolute atomic E-state index is 0.111. The molecule has 5 rings (SSSR count). The number of para-hydroxylation sites is 1. The average molecular weight is 363 g/mol. The lowest BCUT2D eigenvalue weighted by Gasteiger charge is -2.18. The van der Waals surface area contributed by atoms with E-state index in [2.05, 4.69) is 0 Å². The fraction of sp³-hybridized carbons (Fsp3) is 0.238. The monoisotopic (exact) mass is 363 g/mol. The maximum atomic E-state index is 12.8. The van der Waals surface area contributed by atoms with Crippen molar-refractivity contribution in [3.05, 3.63) is 52.4 Å². The molecule has 1 amide bonds. The molecule has 0 unspecified atom stereocenters. The van der Waals surface area contributed by atoms with Crippen LogP contribution in [0.4, 0.5) is 0 Å². The van der Waals surface area contributed by atoms with Gasteiger partial charge in [-0.05, 0) is 30.7 Å². The third-order valence-corrected chi connectivity index (χ3v) is 5.20. The Kier molecular flexibility index (Phi) is 3.47. The minimum Gasteiger partial charge on any atom is -0.496 e. The number of methoxy groups -OCH3 is 1. The first kappa shape index (κ1) is 15.9. The normalized spacial score (nSPS) is 14.7. The molecule has 4 aromatic rings. The van der Waals surface area contributed by atoms with Gasteiger partial charge in [0, 0.05) is 23.9 Å². The Balaban J connectivity index is 1.87. The maximum Gasteiger partial charge on any atom is 0.348 e. The van der Waals surface area contributed by atoms with Crippen molar-refractivity contribution in [3.63, 3.8) is 0 Å². The highest BCUT2D eigenvalue weighted by molar-refractivity contribution is 6.14. The van der Waals surface area contributed by atoms with Crippen LogP contribution in [0.2, 0.25) is 0 Å². The van der Waals surface area contributed by atoms with Crippen LogP contribution in [0.3, 0.4) is 0 Å². The molecule has 0 aliphatic carbocycles. The Labute approximate surface area is 153 Å². The van der Waals surface area contributed by atoms with E-state index in [1.807, 2.05) is 24.3 Å². The third-order valence-electron chi connectivity index (χ3n) is 5.20. The number of amides is 1. The number of carbonyl (C=O) groups excluding carboxylic acids is 1. The van der Waals surface area contributed by atoms with E-state index >= 15 is 0 Å². The van der Waals surface area contributed by atoms with Gasteiger partial charge in [-0.3, -0.25) is 4.79 Å². The van der Waals surface area contributed by atoms with Crippen molar-refractivity contribution in [1.29, 1.82) is 0 Å². The largest absolute Gasteiger partial charge is 0.496 e. The van der Waals surface area contributed by atoms with Gasteiger partial charge in [0.05, 0.1) is 19.0 Å². The van der Waals surface area contributed by atoms with Crippen LogP contribution >= 0.6 is 0 Å². The topological polar surface area (TPSA) is 72.9 Å². The standard InChI is InChI=1S/C21H17NO5/c1-25-14-8-9-16-18(13(14)11-22-10-4-7-17(22)23)19-20(26-16)12-5-2-3-6-15(12)27-21(19)24/h2-3,5-6,8-9H,4,7,10-11H2,1H3. The molecular weight excluding hydrogens is 346 g/mol. The Morgan fingerprint density at radius 2 is 1.89 bits per heavy atom. The molecule has 1 aliphatic rings. The lowest BCUT2D eigenvalue weighted by Crippen LogP contribution is -2.24. The van der Waals surface area contributed by atoms with Gasteiger partial charge in [0.15, 0.2) is 5.58 Å². The number of fused-ring (bicyclic) bond motifs is 5. The molecule has 1 fully saturated rings. The third kappa shape index (κ3) is 2.33. The number of hydrogen-bond donors (Lipinski definition) is 0. The number of carbonyl (C=O) groups is 1. The zero-order chi connectivity index (χ0) is 18.5. The highest BCUT2D eigenvalue weighted by Crippen LogP contribution is 2.38. The first-order valence-corrected chi connectivity index (χ1v) is 8.89. The molecule has 27 heavy (non-hydrogen) atoms. The van der Waals surface area contributed by atoms with E-state index in [0.717, 1.165) is 17.4 Å². The number of benzene rings is 2. The zero-order valence-corrected chi connectivity index (χ0v) is 14.8. The summed E-state index contributed by atoms with van der Waals surface area (Å²) in [4.78, 5) is 26.7. The molecule has 1 aliphatic heterocycles. The van der Waals surface area contributed by atoms with E-state index in [9.17, 15) is 9.59 Å². The van der Waals surface area contributed by atoms with Gasteiger partial charge in [-0.25, -0.2) is 4.79 Å². The second-order valence-corrected chi connectivity index (χ2v) is 6.73. The van der Waals surface area contributed by atoms with Crippen molar-refractivity contribution < 1.29 is 18.4 Å². The maximum absolute atomic E-state index is 12.8. The van der Waals surface area contributed by atoms with Crippen LogP contribution in [-0.4, -0.2) is 24.5 Å². The number of rotatable bonds is 3. The highest BCUT2D eigenvalue weighted by Gasteiger charge is 2.26. The smallest absolute Gasteiger partial charge is 0.348 e. The SMILES string of the molecule is COc1ccc2oc3c4ccccc4oc(=O)c3c2c1CN1CCCC1=O. The fourth-order valence-electron chi connectivity index (χ4n) is 3.93. The van der Waals surface area contributed by atoms with Gasteiger partial charge in [0.25, 0.3) is 0 Å². The van der Waals surface area contributed by atoms with Crippen LogP contribution in [0.25, 0.3) is 32.9 Å². The van der Waals surface area contributed by atoms with Gasteiger partial charge in [-0.1, -0.05) is 12.1 Å². The van der Waals surface area contributed by atoms with Crippen molar-refractivity contribution in [2.24, 2.45) is 0 Å². The van der Waals surface area contributed by atoms with E-state index in [1.54, 1.807) is 24.1 Å². The molecule has 2 aromatic carbocycles. The Bertz CT molecular complexity index is 1270. The molecule has 136 valence electrons. The summed E-state index contributed by atoms with van der Waals surface area (Å²) in [5.41, 5.74) is 1.88. The fourth-order valence-corrected chi connectivity index (χ4v) is 3.93.